The van der Waals surface area contributed by atoms with Gasteiger partial charge in [0, 0.05) is 7.12 Å². The van der Waals surface area contributed by atoms with E-state index < -0.39 is 39.7 Å². The van der Waals surface area contributed by atoms with E-state index in [1.807, 2.05) is 119 Å². The minimum Gasteiger partial charge on any atom is -0.748 e. The Morgan fingerprint density at radius 2 is 0.854 bits per heavy atom. The van der Waals surface area contributed by atoms with E-state index in [1.54, 1.807) is 116 Å². The number of ether oxygens (including phenoxy) is 2. The molecule has 0 fully saturated rings. The number of methoxy groups -OCH3 is 1. The van der Waals surface area contributed by atoms with Gasteiger partial charge in [0.05, 0.1) is 91.0 Å². The van der Waals surface area contributed by atoms with E-state index in [0.717, 1.165) is 28.0 Å². The van der Waals surface area contributed by atoms with Crippen molar-refractivity contribution in [1.29, 1.82) is 21.0 Å². The van der Waals surface area contributed by atoms with Gasteiger partial charge in [-0.1, -0.05) is 174 Å². The van der Waals surface area contributed by atoms with Crippen molar-refractivity contribution in [2.45, 2.75) is 69.7 Å². The monoisotopic (exact) mass is 1590 g/mol. The van der Waals surface area contributed by atoms with Gasteiger partial charge in [-0.25, -0.2) is 23.0 Å². The molecular formula is C71H77BF3I2N7Na2O8S2. The van der Waals surface area contributed by atoms with Crippen molar-refractivity contribution < 1.29 is 110 Å². The zero-order valence-electron chi connectivity index (χ0n) is 54.0. The average Bonchev–Trinajstić information content (AvgIpc) is 0.850. The summed E-state index contributed by atoms with van der Waals surface area (Å²) < 4.78 is 87.0. The molecule has 96 heavy (non-hydrogen) atoms. The normalized spacial score (nSPS) is 10.1. The predicted molar refractivity (Wildman–Crippen MR) is 394 cm³/mol. The van der Waals surface area contributed by atoms with Crippen molar-refractivity contribution in [3.8, 4) is 47.3 Å². The molecule has 0 spiro atoms. The van der Waals surface area contributed by atoms with E-state index in [9.17, 15) is 55.4 Å². The molecule has 0 radical (unpaired) electrons. The van der Waals surface area contributed by atoms with Crippen LogP contribution in [0.2, 0.25) is 0 Å². The first-order valence-corrected chi connectivity index (χ1v) is 38.9. The van der Waals surface area contributed by atoms with Crippen molar-refractivity contribution in [3.05, 3.63) is 260 Å². The predicted octanol–water partition coefficient (Wildman–Crippen LogP) is 13.0. The van der Waals surface area contributed by atoms with E-state index in [2.05, 4.69) is 32.7 Å². The molecule has 0 aliphatic rings. The Labute approximate surface area is 635 Å². The number of rotatable bonds is 13. The SMILES string of the molecule is C.C.C.CI([O-])I.CSC.Cc1ccc(CC#N)cc1.FB(F)F.[2H]CC.[C-]#[N+]/C(=C(/C#N)c1ccc(C)cc1)c1ccc(OC)cc1.[C-]#[N+]/C(=C(/C#N)c1ccc(C)cc1)c1ccc(OCCCS(=O)(=O)[O-])cc1.[C-]#[N+]/C(=C(/C#N)c1ccc(O)cc1)c1ccc(O)cc1.[Na+].[Na+]. The number of hydrogen-bond donors (Lipinski definition) is 2. The van der Waals surface area contributed by atoms with Gasteiger partial charge < -0.3 is 24.2 Å². The third-order valence-corrected chi connectivity index (χ3v) is 11.8. The van der Waals surface area contributed by atoms with Crippen LogP contribution in [0.5, 0.6) is 23.0 Å². The van der Waals surface area contributed by atoms with Crippen LogP contribution in [0.4, 0.5) is 12.9 Å². The number of aromatic hydroxyl groups is 2. The van der Waals surface area contributed by atoms with Gasteiger partial charge >= 0.3 is 110 Å². The molecule has 0 bridgehead atoms. The number of phenolic OH excluding ortho intramolecular Hbond substituents is 2. The number of nitrogens with zero attached hydrogens (tertiary/aromatic N) is 7. The Morgan fingerprint density at radius 1 is 0.604 bits per heavy atom. The number of allylic oxidation sites excluding steroid dienone is 3. The average molecular weight is 1590 g/mol. The largest absolute Gasteiger partial charge is 1.00 e. The first kappa shape index (κ1) is 97.6. The van der Waals surface area contributed by atoms with Crippen LogP contribution in [0.1, 0.15) is 99.5 Å². The smallest absolute Gasteiger partial charge is 0.748 e. The van der Waals surface area contributed by atoms with Crippen LogP contribution in [0, 0.1) is 85.8 Å². The van der Waals surface area contributed by atoms with E-state index in [0.29, 0.717) is 63.7 Å². The first-order valence-electron chi connectivity index (χ1n) is 27.1. The third kappa shape index (κ3) is 41.8. The number of benzene rings is 7. The summed E-state index contributed by atoms with van der Waals surface area (Å²) in [4.78, 5) is 12.3. The molecule has 0 unspecified atom stereocenters. The molecular weight excluding hydrogens is 1510 g/mol. The Kier molecular flexibility index (Phi) is 59.1. The number of halogens is 5. The Balaban J connectivity index is -0.000000269. The fraction of sp³-hybridized carbons (Fsp3) is 0.225. The van der Waals surface area contributed by atoms with Gasteiger partial charge in [0.1, 0.15) is 23.0 Å². The number of thioether (sulfide) groups is 1. The minimum atomic E-state index is -4.24. The van der Waals surface area contributed by atoms with Crippen LogP contribution in [-0.4, -0.2) is 67.6 Å². The summed E-state index contributed by atoms with van der Waals surface area (Å²) in [6.45, 7) is 30.5. The molecule has 15 nitrogen and oxygen atoms in total. The maximum atomic E-state index is 10.6. The molecule has 7 aromatic rings. The number of aryl methyl sites for hydroxylation is 3. The van der Waals surface area contributed by atoms with Gasteiger partial charge in [-0.3, -0.25) is 12.9 Å². The molecule has 2 N–H and O–H groups in total. The molecule has 0 aromatic heterocycles. The van der Waals surface area contributed by atoms with Gasteiger partial charge in [-0.2, -0.15) is 32.8 Å². The molecule has 7 rings (SSSR count). The first-order chi connectivity index (χ1) is 43.8. The maximum Gasteiger partial charge on any atom is 1.00 e. The number of phenols is 2. The molecule has 0 saturated heterocycles. The molecule has 496 valence electrons. The van der Waals surface area contributed by atoms with Gasteiger partial charge in [0.15, 0.2) is 0 Å². The summed E-state index contributed by atoms with van der Waals surface area (Å²) in [6.07, 6.45) is 4.70. The second-order valence-corrected chi connectivity index (χ2v) is 29.8. The van der Waals surface area contributed by atoms with E-state index in [1.165, 1.54) is 29.8 Å². The molecule has 25 heteroatoms. The van der Waals surface area contributed by atoms with Crippen molar-refractivity contribution >= 4 is 98.1 Å². The maximum absolute atomic E-state index is 10.6. The standard InChI is InChI=1S/C20H18N2O4S.C18H14N2O.C16H10N2O2.C9H9N.C2H6S.C2H6.CH3I2O.3CH4.BF3.2Na/c1-15-4-6-16(7-5-15)19(14-21)20(22-2)17-8-10-18(11-9-17)26-12-3-13-27(23,24)25;1-13-4-6-14(7-5-13)17(12-19)18(20-2)15-8-10-16(21-3)11-9-15;1-18-16(12-4-8-14(20)9-5-12)15(10-17)11-2-6-13(19)7-3-11;1-8-2-4-9(5-3-8)6-7-10;1-3-2;1-2;1-3(2)4;;;;2-1(3)4;;/h4-11H,3,12-13H2,1H3,(H,23,24,25);4-11H,1,3H3;2-9,19-20H;2-5H,6H2,1H3;1-2H3;1-2H3;1H3;3*1H4;;;/q;;;;;;-1;;;;;2*+1/p-1/b20-19-;18-17-;16-15-;;;;;;;;;;/i;;;;;1D;;;;;;;. The Bertz CT molecular complexity index is 3820. The van der Waals surface area contributed by atoms with Crippen LogP contribution in [0.3, 0.4) is 0 Å². The summed E-state index contributed by atoms with van der Waals surface area (Å²) in [6, 6.07) is 57.3. The van der Waals surface area contributed by atoms with Gasteiger partial charge in [0.2, 0.25) is 17.1 Å². The van der Waals surface area contributed by atoms with Gasteiger partial charge in [-0.15, -0.1) is 0 Å². The zero-order valence-corrected chi connectivity index (χ0v) is 62.9. The van der Waals surface area contributed by atoms with Crippen molar-refractivity contribution in [1.82, 2.24) is 0 Å². The second-order valence-electron chi connectivity index (χ2n) is 17.7. The van der Waals surface area contributed by atoms with E-state index in [4.69, 9.17) is 35.8 Å². The molecule has 0 atom stereocenters. The third-order valence-electron chi connectivity index (χ3n) is 11.1. The van der Waals surface area contributed by atoms with E-state index >= 15 is 0 Å². The Morgan fingerprint density at radius 3 is 1.10 bits per heavy atom. The van der Waals surface area contributed by atoms with Crippen molar-refractivity contribution in [3.63, 3.8) is 0 Å². The van der Waals surface area contributed by atoms with Crippen molar-refractivity contribution in [2.75, 3.05) is 36.9 Å². The molecule has 7 aromatic carbocycles. The molecule has 0 heterocycles. The fourth-order valence-electron chi connectivity index (χ4n) is 6.93. The summed E-state index contributed by atoms with van der Waals surface area (Å²) in [5, 5.41) is 55.1. The second kappa shape index (κ2) is 58.1. The summed E-state index contributed by atoms with van der Waals surface area (Å²) in [5.74, 6) is 0.927. The van der Waals surface area contributed by atoms with Crippen molar-refractivity contribution in [2.24, 2.45) is 0 Å². The van der Waals surface area contributed by atoms with Crippen LogP contribution in [-0.2, 0) is 16.5 Å². The topological polar surface area (TPSA) is 247 Å². The van der Waals surface area contributed by atoms with Gasteiger partial charge in [-0.05, 0) is 127 Å². The summed E-state index contributed by atoms with van der Waals surface area (Å²) in [5.41, 5.74) is 10.0. The summed E-state index contributed by atoms with van der Waals surface area (Å²) in [7, 11) is -6.32. The molecule has 0 saturated carbocycles. The Hall–Kier alpha value is -7.08. The number of nitriles is 4. The molecule has 0 aliphatic carbocycles. The number of hydrogen-bond acceptors (Lipinski definition) is 13. The van der Waals surface area contributed by atoms with Crippen LogP contribution in [0.15, 0.2) is 170 Å². The fourth-order valence-corrected chi connectivity index (χ4v) is 7.40. The summed E-state index contributed by atoms with van der Waals surface area (Å²) >= 11 is 2.15. The molecule has 0 aliphatic heterocycles. The quantitative estimate of drug-likeness (QED) is 0.0160. The molecule has 0 amide bonds. The zero-order chi connectivity index (χ0) is 69.6. The number of alkyl halides is 1. The van der Waals surface area contributed by atoms with Crippen LogP contribution < -0.4 is 72.0 Å². The van der Waals surface area contributed by atoms with Crippen LogP contribution >= 0.6 is 46.6 Å². The van der Waals surface area contributed by atoms with Crippen LogP contribution in [0.25, 0.3) is 48.3 Å². The van der Waals surface area contributed by atoms with Gasteiger partial charge in [0.25, 0.3) is 0 Å². The van der Waals surface area contributed by atoms with E-state index in [-0.39, 0.29) is 123 Å². The minimum absolute atomic E-state index is 0.